The third-order valence-electron chi connectivity index (χ3n) is 5.67. The molecule has 0 spiro atoms. The lowest BCUT2D eigenvalue weighted by atomic mass is 10.1. The Balaban J connectivity index is 1.46. The zero-order valence-electron chi connectivity index (χ0n) is 18.5. The van der Waals surface area contributed by atoms with Crippen LogP contribution >= 0.6 is 0 Å². The maximum atomic E-state index is 5.88. The highest BCUT2D eigenvalue weighted by atomic mass is 16.5. The summed E-state index contributed by atoms with van der Waals surface area (Å²) in [5, 5.41) is 0. The highest BCUT2D eigenvalue weighted by Crippen LogP contribution is 2.39. The molecule has 1 fully saturated rings. The van der Waals surface area contributed by atoms with Crippen LogP contribution in [0.15, 0.2) is 36.4 Å². The van der Waals surface area contributed by atoms with Gasteiger partial charge in [-0.2, -0.15) is 0 Å². The van der Waals surface area contributed by atoms with Crippen LogP contribution in [-0.2, 0) is 6.54 Å². The van der Waals surface area contributed by atoms with Crippen molar-refractivity contribution in [2.45, 2.75) is 6.54 Å². The summed E-state index contributed by atoms with van der Waals surface area (Å²) in [7, 11) is 6.64. The molecule has 1 aliphatic rings. The average Bonchev–Trinajstić information content (AvgIpc) is 2.80. The third-order valence-corrected chi connectivity index (χ3v) is 5.67. The molecule has 0 amide bonds. The first-order chi connectivity index (χ1) is 14.7. The summed E-state index contributed by atoms with van der Waals surface area (Å²) in [6, 6.07) is 11.8. The molecule has 2 aromatic carbocycles. The molecule has 164 valence electrons. The van der Waals surface area contributed by atoms with E-state index in [0.29, 0.717) is 11.5 Å². The van der Waals surface area contributed by atoms with Gasteiger partial charge >= 0.3 is 0 Å². The van der Waals surface area contributed by atoms with E-state index >= 15 is 0 Å². The summed E-state index contributed by atoms with van der Waals surface area (Å²) < 4.78 is 27.6. The van der Waals surface area contributed by atoms with E-state index in [1.165, 1.54) is 0 Å². The van der Waals surface area contributed by atoms with Crippen LogP contribution in [0.4, 0.5) is 0 Å². The van der Waals surface area contributed by atoms with Gasteiger partial charge in [0.15, 0.2) is 11.5 Å². The van der Waals surface area contributed by atoms with Crippen molar-refractivity contribution in [3.05, 3.63) is 42.0 Å². The summed E-state index contributed by atoms with van der Waals surface area (Å²) in [5.41, 5.74) is 1.15. The van der Waals surface area contributed by atoms with Crippen LogP contribution in [-0.4, -0.2) is 67.8 Å². The lowest BCUT2D eigenvalue weighted by molar-refractivity contribution is -1.02. The molecule has 0 atom stereocenters. The summed E-state index contributed by atoms with van der Waals surface area (Å²) in [5.74, 6) is 3.86. The minimum absolute atomic E-state index is 0.664. The van der Waals surface area contributed by atoms with Gasteiger partial charge < -0.3 is 33.5 Å². The van der Waals surface area contributed by atoms with Crippen molar-refractivity contribution in [3.63, 3.8) is 0 Å². The van der Waals surface area contributed by atoms with E-state index in [2.05, 4.69) is 6.07 Å². The Hall–Kier alpha value is -2.64. The lowest BCUT2D eigenvalue weighted by Crippen LogP contribution is -3.27. The Morgan fingerprint density at radius 2 is 1.30 bits per heavy atom. The monoisotopic (exact) mass is 418 g/mol. The number of methoxy groups -OCH3 is 4. The number of quaternary nitrogens is 2. The molecule has 0 bridgehead atoms. The highest BCUT2D eigenvalue weighted by Gasteiger charge is 2.25. The van der Waals surface area contributed by atoms with Crippen LogP contribution in [0.3, 0.4) is 0 Å². The molecule has 7 nitrogen and oxygen atoms in total. The number of rotatable bonds is 10. The molecule has 2 N–H and O–H groups in total. The zero-order chi connectivity index (χ0) is 21.3. The minimum Gasteiger partial charge on any atom is -0.497 e. The summed E-state index contributed by atoms with van der Waals surface area (Å²) >= 11 is 0. The van der Waals surface area contributed by atoms with Crippen LogP contribution in [0.5, 0.6) is 28.7 Å². The van der Waals surface area contributed by atoms with Crippen LogP contribution < -0.4 is 33.5 Å². The van der Waals surface area contributed by atoms with E-state index in [0.717, 1.165) is 68.7 Å². The maximum absolute atomic E-state index is 5.88. The number of ether oxygens (including phenoxy) is 5. The van der Waals surface area contributed by atoms with Crippen LogP contribution in [0.25, 0.3) is 0 Å². The largest absolute Gasteiger partial charge is 0.497 e. The molecule has 0 aliphatic carbocycles. The molecule has 1 saturated heterocycles. The van der Waals surface area contributed by atoms with Crippen LogP contribution in [0, 0.1) is 0 Å². The Kier molecular flexibility index (Phi) is 8.04. The standard InChI is InChI=1S/C23H32N2O5/c1-26-19-6-8-20(9-7-19)30-16-15-24-11-13-25(14-12-24)17-18-5-10-21(27-2)23(29-4)22(18)28-3/h5-10H,11-17H2,1-4H3/p+2. The second-order valence-electron chi connectivity index (χ2n) is 7.44. The van der Waals surface area contributed by atoms with Gasteiger partial charge in [-0.05, 0) is 36.4 Å². The normalized spacial score (nSPS) is 18.5. The topological polar surface area (TPSA) is 55.0 Å². The van der Waals surface area contributed by atoms with E-state index in [-0.39, 0.29) is 0 Å². The summed E-state index contributed by atoms with van der Waals surface area (Å²) in [4.78, 5) is 3.15. The van der Waals surface area contributed by atoms with Gasteiger partial charge in [-0.1, -0.05) is 0 Å². The van der Waals surface area contributed by atoms with Crippen molar-refractivity contribution in [2.75, 3.05) is 67.8 Å². The van der Waals surface area contributed by atoms with Crippen molar-refractivity contribution >= 4 is 0 Å². The fraction of sp³-hybridized carbons (Fsp3) is 0.478. The van der Waals surface area contributed by atoms with Crippen molar-refractivity contribution in [1.29, 1.82) is 0 Å². The van der Waals surface area contributed by atoms with Gasteiger partial charge in [-0.3, -0.25) is 0 Å². The van der Waals surface area contributed by atoms with E-state index in [1.807, 2.05) is 30.3 Å². The molecular formula is C23H34N2O5+2. The molecular weight excluding hydrogens is 384 g/mol. The minimum atomic E-state index is 0.664. The molecule has 2 aromatic rings. The van der Waals surface area contributed by atoms with Gasteiger partial charge in [-0.25, -0.2) is 0 Å². The second-order valence-corrected chi connectivity index (χ2v) is 7.44. The van der Waals surface area contributed by atoms with Crippen molar-refractivity contribution in [1.82, 2.24) is 0 Å². The summed E-state index contributed by atoms with van der Waals surface area (Å²) in [6.45, 7) is 7.16. The second kappa shape index (κ2) is 10.9. The average molecular weight is 419 g/mol. The molecule has 0 unspecified atom stereocenters. The maximum Gasteiger partial charge on any atom is 0.203 e. The molecule has 0 saturated carbocycles. The Morgan fingerprint density at radius 3 is 1.90 bits per heavy atom. The van der Waals surface area contributed by atoms with E-state index in [4.69, 9.17) is 23.7 Å². The fourth-order valence-electron chi connectivity index (χ4n) is 3.94. The predicted octanol–water partition coefficient (Wildman–Crippen LogP) is 0.0834. The van der Waals surface area contributed by atoms with Crippen LogP contribution in [0.2, 0.25) is 0 Å². The van der Waals surface area contributed by atoms with Gasteiger partial charge in [0.05, 0.1) is 34.0 Å². The number of piperazine rings is 1. The van der Waals surface area contributed by atoms with Gasteiger partial charge in [0, 0.05) is 0 Å². The number of hydrogen-bond donors (Lipinski definition) is 2. The van der Waals surface area contributed by atoms with Gasteiger partial charge in [0.1, 0.15) is 57.4 Å². The van der Waals surface area contributed by atoms with Crippen molar-refractivity contribution in [2.24, 2.45) is 0 Å². The quantitative estimate of drug-likeness (QED) is 0.573. The number of hydrogen-bond acceptors (Lipinski definition) is 5. The van der Waals surface area contributed by atoms with Gasteiger partial charge in [-0.15, -0.1) is 0 Å². The summed E-state index contributed by atoms with van der Waals surface area (Å²) in [6.07, 6.45) is 0. The Labute approximate surface area is 179 Å². The molecule has 1 aliphatic heterocycles. The van der Waals surface area contributed by atoms with Crippen molar-refractivity contribution in [3.8, 4) is 28.7 Å². The third kappa shape index (κ3) is 5.49. The first-order valence-corrected chi connectivity index (χ1v) is 10.4. The van der Waals surface area contributed by atoms with E-state index in [1.54, 1.807) is 38.2 Å². The smallest absolute Gasteiger partial charge is 0.203 e. The molecule has 3 rings (SSSR count). The molecule has 30 heavy (non-hydrogen) atoms. The van der Waals surface area contributed by atoms with Gasteiger partial charge in [0.2, 0.25) is 5.75 Å². The first kappa shape index (κ1) is 22.1. The SMILES string of the molecule is COc1ccc(OCC[NH+]2CC[NH+](Cc3ccc(OC)c(OC)c3OC)CC2)cc1. The van der Waals surface area contributed by atoms with Gasteiger partial charge in [0.25, 0.3) is 0 Å². The molecule has 1 heterocycles. The molecule has 0 aromatic heterocycles. The Bertz CT molecular complexity index is 789. The Morgan fingerprint density at radius 1 is 0.667 bits per heavy atom. The zero-order valence-corrected chi connectivity index (χ0v) is 18.5. The first-order valence-electron chi connectivity index (χ1n) is 10.4. The molecule has 7 heteroatoms. The molecule has 0 radical (unpaired) electrons. The number of nitrogens with one attached hydrogen (secondary N) is 2. The van der Waals surface area contributed by atoms with Crippen LogP contribution in [0.1, 0.15) is 5.56 Å². The predicted molar refractivity (Wildman–Crippen MR) is 115 cm³/mol. The number of benzene rings is 2. The van der Waals surface area contributed by atoms with Crippen molar-refractivity contribution < 1.29 is 33.5 Å². The fourth-order valence-corrected chi connectivity index (χ4v) is 3.94. The van der Waals surface area contributed by atoms with E-state index in [9.17, 15) is 0 Å². The highest BCUT2D eigenvalue weighted by molar-refractivity contribution is 5.55. The lowest BCUT2D eigenvalue weighted by Gasteiger charge is -2.30. The van der Waals surface area contributed by atoms with E-state index < -0.39 is 0 Å².